The van der Waals surface area contributed by atoms with Crippen molar-refractivity contribution in [3.8, 4) is 5.75 Å². The van der Waals surface area contributed by atoms with Gasteiger partial charge in [0.1, 0.15) is 5.75 Å². The van der Waals surface area contributed by atoms with E-state index in [9.17, 15) is 4.79 Å². The molecule has 0 heterocycles. The average Bonchev–Trinajstić information content (AvgIpc) is 2.60. The molecule has 0 bridgehead atoms. The minimum Gasteiger partial charge on any atom is -0.481 e. The Bertz CT molecular complexity index is 677. The van der Waals surface area contributed by atoms with E-state index < -0.39 is 6.10 Å². The maximum atomic E-state index is 12.2. The van der Waals surface area contributed by atoms with E-state index in [0.717, 1.165) is 24.2 Å². The molecule has 0 unspecified atom stereocenters. The summed E-state index contributed by atoms with van der Waals surface area (Å²) in [5.41, 5.74) is 3.70. The third kappa shape index (κ3) is 5.93. The topological polar surface area (TPSA) is 38.3 Å². The van der Waals surface area contributed by atoms with Crippen LogP contribution in [-0.4, -0.2) is 18.6 Å². The van der Waals surface area contributed by atoms with Crippen LogP contribution in [0.5, 0.6) is 5.75 Å². The van der Waals surface area contributed by atoms with Crippen LogP contribution in [0.25, 0.3) is 0 Å². The second-order valence-electron chi connectivity index (χ2n) is 6.82. The molecule has 0 aliphatic rings. The number of carbonyl (C=O) groups is 1. The number of benzene rings is 2. The van der Waals surface area contributed by atoms with E-state index in [1.807, 2.05) is 31.2 Å². The highest BCUT2D eigenvalue weighted by Crippen LogP contribution is 2.18. The molecule has 3 heteroatoms. The summed E-state index contributed by atoms with van der Waals surface area (Å²) in [5.74, 6) is 1.25. The van der Waals surface area contributed by atoms with Crippen molar-refractivity contribution in [1.82, 2.24) is 5.32 Å². The number of aryl methyl sites for hydroxylation is 2. The second kappa shape index (κ2) is 9.26. The van der Waals surface area contributed by atoms with Gasteiger partial charge < -0.3 is 10.1 Å². The molecule has 0 aromatic heterocycles. The van der Waals surface area contributed by atoms with Crippen LogP contribution in [0.15, 0.2) is 48.5 Å². The molecule has 2 aromatic rings. The number of para-hydroxylation sites is 1. The standard InChI is InChI=1S/C22H29NO2/c1-16(2)20-13-11-19(12-14-20)9-7-15-23-22(24)18(4)25-21-10-6-5-8-17(21)3/h5-6,8,10-14,16,18H,7,9,15H2,1-4H3,(H,23,24)/t18-/m1/s1. The maximum absolute atomic E-state index is 12.2. The Balaban J connectivity index is 1.72. The largest absolute Gasteiger partial charge is 0.481 e. The van der Waals surface area contributed by atoms with Crippen molar-refractivity contribution in [2.24, 2.45) is 0 Å². The highest BCUT2D eigenvalue weighted by molar-refractivity contribution is 5.80. The van der Waals surface area contributed by atoms with Gasteiger partial charge in [0.15, 0.2) is 6.10 Å². The second-order valence-corrected chi connectivity index (χ2v) is 6.82. The molecule has 0 aliphatic carbocycles. The van der Waals surface area contributed by atoms with E-state index in [-0.39, 0.29) is 5.91 Å². The van der Waals surface area contributed by atoms with Crippen LogP contribution < -0.4 is 10.1 Å². The smallest absolute Gasteiger partial charge is 0.260 e. The molecular formula is C22H29NO2. The molecular weight excluding hydrogens is 310 g/mol. The number of nitrogens with one attached hydrogen (secondary N) is 1. The fraction of sp³-hybridized carbons (Fsp3) is 0.409. The Hall–Kier alpha value is -2.29. The molecule has 2 aromatic carbocycles. The normalized spacial score (nSPS) is 12.0. The van der Waals surface area contributed by atoms with E-state index in [2.05, 4.69) is 43.4 Å². The van der Waals surface area contributed by atoms with Gasteiger partial charge in [0.2, 0.25) is 0 Å². The van der Waals surface area contributed by atoms with Crippen LogP contribution in [-0.2, 0) is 11.2 Å². The lowest BCUT2D eigenvalue weighted by Crippen LogP contribution is -2.37. The summed E-state index contributed by atoms with van der Waals surface area (Å²) < 4.78 is 5.75. The Morgan fingerprint density at radius 2 is 1.72 bits per heavy atom. The summed E-state index contributed by atoms with van der Waals surface area (Å²) in [5, 5.41) is 2.96. The lowest BCUT2D eigenvalue weighted by Gasteiger charge is -2.16. The minimum absolute atomic E-state index is 0.0709. The zero-order chi connectivity index (χ0) is 18.2. The van der Waals surface area contributed by atoms with Gasteiger partial charge in [-0.15, -0.1) is 0 Å². The van der Waals surface area contributed by atoms with E-state index in [1.54, 1.807) is 6.92 Å². The zero-order valence-electron chi connectivity index (χ0n) is 15.7. The van der Waals surface area contributed by atoms with Gasteiger partial charge in [0, 0.05) is 6.54 Å². The minimum atomic E-state index is -0.494. The summed E-state index contributed by atoms with van der Waals surface area (Å²) in [6.07, 6.45) is 1.39. The number of hydrogen-bond acceptors (Lipinski definition) is 2. The number of carbonyl (C=O) groups excluding carboxylic acids is 1. The highest BCUT2D eigenvalue weighted by Gasteiger charge is 2.14. The monoisotopic (exact) mass is 339 g/mol. The first-order chi connectivity index (χ1) is 12.0. The molecule has 134 valence electrons. The predicted molar refractivity (Wildman–Crippen MR) is 103 cm³/mol. The van der Waals surface area contributed by atoms with Crippen molar-refractivity contribution in [3.05, 3.63) is 65.2 Å². The number of amides is 1. The Labute approximate surface area is 151 Å². The lowest BCUT2D eigenvalue weighted by atomic mass is 10.0. The molecule has 0 aliphatic heterocycles. The third-order valence-electron chi connectivity index (χ3n) is 4.35. The summed E-state index contributed by atoms with van der Waals surface area (Å²) in [4.78, 5) is 12.2. The first-order valence-corrected chi connectivity index (χ1v) is 9.06. The predicted octanol–water partition coefficient (Wildman–Crippen LogP) is 4.63. The van der Waals surface area contributed by atoms with Gasteiger partial charge in [-0.1, -0.05) is 56.3 Å². The first-order valence-electron chi connectivity index (χ1n) is 9.06. The van der Waals surface area contributed by atoms with Crippen LogP contribution in [0.4, 0.5) is 0 Å². The Morgan fingerprint density at radius 3 is 2.36 bits per heavy atom. The summed E-state index contributed by atoms with van der Waals surface area (Å²) in [7, 11) is 0. The van der Waals surface area contributed by atoms with Crippen molar-refractivity contribution in [2.75, 3.05) is 6.54 Å². The van der Waals surface area contributed by atoms with Crippen molar-refractivity contribution in [1.29, 1.82) is 0 Å². The van der Waals surface area contributed by atoms with Crippen molar-refractivity contribution in [2.45, 2.75) is 52.6 Å². The van der Waals surface area contributed by atoms with Gasteiger partial charge in [0.25, 0.3) is 5.91 Å². The average molecular weight is 339 g/mol. The lowest BCUT2D eigenvalue weighted by molar-refractivity contribution is -0.127. The molecule has 0 saturated heterocycles. The number of rotatable bonds is 8. The third-order valence-corrected chi connectivity index (χ3v) is 4.35. The van der Waals surface area contributed by atoms with Crippen LogP contribution in [0.3, 0.4) is 0 Å². The van der Waals surface area contributed by atoms with Crippen molar-refractivity contribution >= 4 is 5.91 Å². The highest BCUT2D eigenvalue weighted by atomic mass is 16.5. The van der Waals surface area contributed by atoms with Gasteiger partial charge >= 0.3 is 0 Å². The van der Waals surface area contributed by atoms with Gasteiger partial charge in [-0.2, -0.15) is 0 Å². The van der Waals surface area contributed by atoms with Gasteiger partial charge in [-0.3, -0.25) is 4.79 Å². The van der Waals surface area contributed by atoms with Crippen molar-refractivity contribution in [3.63, 3.8) is 0 Å². The number of hydrogen-bond donors (Lipinski definition) is 1. The SMILES string of the molecule is Cc1ccccc1O[C@H](C)C(=O)NCCCc1ccc(C(C)C)cc1. The number of ether oxygens (including phenoxy) is 1. The van der Waals surface area contributed by atoms with Crippen LogP contribution in [0.2, 0.25) is 0 Å². The fourth-order valence-corrected chi connectivity index (χ4v) is 2.65. The molecule has 0 saturated carbocycles. The van der Waals surface area contributed by atoms with Crippen LogP contribution in [0, 0.1) is 6.92 Å². The molecule has 1 atom stereocenters. The first kappa shape index (κ1) is 19.0. The summed E-state index contributed by atoms with van der Waals surface area (Å²) >= 11 is 0. The molecule has 0 radical (unpaired) electrons. The van der Waals surface area contributed by atoms with Gasteiger partial charge in [0.05, 0.1) is 0 Å². The van der Waals surface area contributed by atoms with Gasteiger partial charge in [-0.25, -0.2) is 0 Å². The Kier molecular flexibility index (Phi) is 7.05. The molecule has 2 rings (SSSR count). The fourth-order valence-electron chi connectivity index (χ4n) is 2.65. The van der Waals surface area contributed by atoms with Gasteiger partial charge in [-0.05, 0) is 55.4 Å². The van der Waals surface area contributed by atoms with Crippen LogP contribution in [0.1, 0.15) is 49.8 Å². The van der Waals surface area contributed by atoms with E-state index in [4.69, 9.17) is 4.74 Å². The Morgan fingerprint density at radius 1 is 1.04 bits per heavy atom. The van der Waals surface area contributed by atoms with Crippen molar-refractivity contribution < 1.29 is 9.53 Å². The molecule has 1 amide bonds. The van der Waals surface area contributed by atoms with Crippen LogP contribution >= 0.6 is 0 Å². The van der Waals surface area contributed by atoms with E-state index in [0.29, 0.717) is 12.5 Å². The summed E-state index contributed by atoms with van der Waals surface area (Å²) in [6, 6.07) is 16.5. The van der Waals surface area contributed by atoms with E-state index >= 15 is 0 Å². The maximum Gasteiger partial charge on any atom is 0.260 e. The molecule has 0 spiro atoms. The molecule has 25 heavy (non-hydrogen) atoms. The molecule has 0 fully saturated rings. The molecule has 3 nitrogen and oxygen atoms in total. The quantitative estimate of drug-likeness (QED) is 0.712. The van der Waals surface area contributed by atoms with E-state index in [1.165, 1.54) is 11.1 Å². The molecule has 1 N–H and O–H groups in total. The summed E-state index contributed by atoms with van der Waals surface area (Å²) in [6.45, 7) is 8.82. The zero-order valence-corrected chi connectivity index (χ0v) is 15.7.